The van der Waals surface area contributed by atoms with Crippen LogP contribution in [0.5, 0.6) is 0 Å². The predicted molar refractivity (Wildman–Crippen MR) is 62.7 cm³/mol. The van der Waals surface area contributed by atoms with Crippen LogP contribution in [0, 0.1) is 0 Å². The van der Waals surface area contributed by atoms with Gasteiger partial charge in [-0.15, -0.1) is 11.6 Å². The van der Waals surface area contributed by atoms with Crippen molar-refractivity contribution in [3.05, 3.63) is 30.3 Å². The molecular formula is C11H11ClN2O3. The topological polar surface area (TPSA) is 49.9 Å². The van der Waals surface area contributed by atoms with Gasteiger partial charge >= 0.3 is 6.09 Å². The van der Waals surface area contributed by atoms with Crippen LogP contribution in [0.2, 0.25) is 0 Å². The van der Waals surface area contributed by atoms with Gasteiger partial charge in [-0.05, 0) is 12.1 Å². The molecule has 1 aromatic rings. The number of halogens is 1. The van der Waals surface area contributed by atoms with Crippen molar-refractivity contribution in [2.24, 2.45) is 0 Å². The van der Waals surface area contributed by atoms with Crippen LogP contribution < -0.4 is 5.01 Å². The molecule has 0 atom stereocenters. The highest BCUT2D eigenvalue weighted by atomic mass is 35.5. The van der Waals surface area contributed by atoms with Crippen LogP contribution in [0.1, 0.15) is 0 Å². The molecule has 0 saturated carbocycles. The van der Waals surface area contributed by atoms with E-state index in [0.717, 1.165) is 0 Å². The second-order valence-corrected chi connectivity index (χ2v) is 3.68. The van der Waals surface area contributed by atoms with Crippen LogP contribution >= 0.6 is 11.6 Å². The Morgan fingerprint density at radius 1 is 1.41 bits per heavy atom. The van der Waals surface area contributed by atoms with Crippen molar-refractivity contribution in [1.29, 1.82) is 0 Å². The third kappa shape index (κ3) is 2.34. The van der Waals surface area contributed by atoms with Gasteiger partial charge in [0, 0.05) is 0 Å². The summed E-state index contributed by atoms with van der Waals surface area (Å²) >= 11 is 5.55. The molecule has 1 aromatic carbocycles. The van der Waals surface area contributed by atoms with Gasteiger partial charge in [0.05, 0.1) is 12.2 Å². The Morgan fingerprint density at radius 3 is 2.65 bits per heavy atom. The van der Waals surface area contributed by atoms with Crippen molar-refractivity contribution in [1.82, 2.24) is 5.01 Å². The number of anilines is 1. The van der Waals surface area contributed by atoms with Crippen LogP contribution in [0.4, 0.5) is 10.5 Å². The summed E-state index contributed by atoms with van der Waals surface area (Å²) in [6, 6.07) is 8.86. The monoisotopic (exact) mass is 254 g/mol. The van der Waals surface area contributed by atoms with E-state index in [-0.39, 0.29) is 18.4 Å². The van der Waals surface area contributed by atoms with Gasteiger partial charge < -0.3 is 4.74 Å². The summed E-state index contributed by atoms with van der Waals surface area (Å²) in [5, 5.41) is 2.50. The van der Waals surface area contributed by atoms with Crippen molar-refractivity contribution in [3.63, 3.8) is 0 Å². The van der Waals surface area contributed by atoms with E-state index in [1.807, 2.05) is 6.07 Å². The molecule has 2 amide bonds. The Morgan fingerprint density at radius 2 is 2.12 bits per heavy atom. The number of carbonyl (C=O) groups is 2. The first-order valence-electron chi connectivity index (χ1n) is 5.12. The third-order valence-corrected chi connectivity index (χ3v) is 2.56. The number of hydrazine groups is 1. The van der Waals surface area contributed by atoms with Gasteiger partial charge in [-0.25, -0.2) is 14.8 Å². The van der Waals surface area contributed by atoms with E-state index in [1.54, 1.807) is 24.3 Å². The molecule has 1 aliphatic rings. The van der Waals surface area contributed by atoms with Crippen LogP contribution in [0.3, 0.4) is 0 Å². The van der Waals surface area contributed by atoms with Gasteiger partial charge in [0.2, 0.25) is 0 Å². The fourth-order valence-electron chi connectivity index (χ4n) is 1.61. The predicted octanol–water partition coefficient (Wildman–Crippen LogP) is 1.63. The fourth-order valence-corrected chi connectivity index (χ4v) is 1.72. The Labute approximate surface area is 103 Å². The molecule has 6 heteroatoms. The van der Waals surface area contributed by atoms with Gasteiger partial charge in [-0.1, -0.05) is 18.2 Å². The Balaban J connectivity index is 2.32. The van der Waals surface area contributed by atoms with Gasteiger partial charge in [-0.2, -0.15) is 0 Å². The first-order chi connectivity index (χ1) is 8.24. The molecular weight excluding hydrogens is 244 g/mol. The number of para-hydroxylation sites is 1. The second kappa shape index (κ2) is 5.05. The first-order valence-corrected chi connectivity index (χ1v) is 5.65. The van der Waals surface area contributed by atoms with E-state index in [0.29, 0.717) is 12.2 Å². The van der Waals surface area contributed by atoms with E-state index >= 15 is 0 Å². The zero-order valence-electron chi connectivity index (χ0n) is 9.01. The minimum Gasteiger partial charge on any atom is -0.446 e. The number of carbonyl (C=O) groups excluding carboxylic acids is 2. The van der Waals surface area contributed by atoms with Gasteiger partial charge in [-0.3, -0.25) is 4.79 Å². The van der Waals surface area contributed by atoms with Crippen LogP contribution in [-0.4, -0.2) is 36.0 Å². The molecule has 1 saturated heterocycles. The number of ether oxygens (including phenoxy) is 1. The van der Waals surface area contributed by atoms with Crippen molar-refractivity contribution in [2.75, 3.05) is 24.0 Å². The summed E-state index contributed by atoms with van der Waals surface area (Å²) in [4.78, 5) is 23.3. The molecule has 0 radical (unpaired) electrons. The average molecular weight is 255 g/mol. The van der Waals surface area contributed by atoms with E-state index in [2.05, 4.69) is 0 Å². The van der Waals surface area contributed by atoms with Gasteiger partial charge in [0.1, 0.15) is 12.5 Å². The van der Waals surface area contributed by atoms with Gasteiger partial charge in [0.25, 0.3) is 5.91 Å². The zero-order chi connectivity index (χ0) is 12.3. The quantitative estimate of drug-likeness (QED) is 0.771. The third-order valence-electron chi connectivity index (χ3n) is 2.33. The molecule has 17 heavy (non-hydrogen) atoms. The Kier molecular flexibility index (Phi) is 3.49. The maximum Gasteiger partial charge on any atom is 0.429 e. The molecule has 1 aliphatic heterocycles. The van der Waals surface area contributed by atoms with Crippen molar-refractivity contribution < 1.29 is 14.3 Å². The number of nitrogens with zero attached hydrogens (tertiary/aromatic N) is 2. The maximum absolute atomic E-state index is 11.8. The number of benzene rings is 1. The van der Waals surface area contributed by atoms with E-state index in [9.17, 15) is 9.59 Å². The lowest BCUT2D eigenvalue weighted by Crippen LogP contribution is -2.48. The summed E-state index contributed by atoms with van der Waals surface area (Å²) in [5.41, 5.74) is 0.594. The second-order valence-electron chi connectivity index (χ2n) is 3.41. The first kappa shape index (κ1) is 11.7. The minimum atomic E-state index is -0.535. The fraction of sp³-hybridized carbons (Fsp3) is 0.273. The highest BCUT2D eigenvalue weighted by Gasteiger charge is 2.32. The normalized spacial score (nSPS) is 14.6. The molecule has 0 bridgehead atoms. The molecule has 1 fully saturated rings. The van der Waals surface area contributed by atoms with E-state index < -0.39 is 6.09 Å². The lowest BCUT2D eigenvalue weighted by Gasteiger charge is -2.28. The zero-order valence-corrected chi connectivity index (χ0v) is 9.76. The SMILES string of the molecule is O=C1OCCN1N(C(=O)CCl)c1ccccc1. The number of amides is 2. The maximum atomic E-state index is 11.8. The number of hydrogen-bond acceptors (Lipinski definition) is 3. The van der Waals surface area contributed by atoms with Crippen molar-refractivity contribution >= 4 is 29.3 Å². The van der Waals surface area contributed by atoms with Crippen molar-refractivity contribution in [2.45, 2.75) is 0 Å². The molecule has 5 nitrogen and oxygen atoms in total. The lowest BCUT2D eigenvalue weighted by atomic mass is 10.3. The summed E-state index contributed by atoms with van der Waals surface area (Å²) in [7, 11) is 0. The largest absolute Gasteiger partial charge is 0.446 e. The molecule has 0 aliphatic carbocycles. The van der Waals surface area contributed by atoms with E-state index in [1.165, 1.54) is 10.0 Å². The summed E-state index contributed by atoms with van der Waals surface area (Å²) in [6.45, 7) is 0.619. The summed E-state index contributed by atoms with van der Waals surface area (Å²) < 4.78 is 4.81. The summed E-state index contributed by atoms with van der Waals surface area (Å²) in [6.07, 6.45) is -0.535. The van der Waals surface area contributed by atoms with Crippen LogP contribution in [0.15, 0.2) is 30.3 Å². The molecule has 0 unspecified atom stereocenters. The molecule has 90 valence electrons. The molecule has 0 N–H and O–H groups in total. The standard InChI is InChI=1S/C11H11ClN2O3/c12-8-10(15)14(9-4-2-1-3-5-9)13-6-7-17-11(13)16/h1-5H,6-8H2. The van der Waals surface area contributed by atoms with Gasteiger partial charge in [0.15, 0.2) is 0 Å². The molecule has 0 aromatic heterocycles. The van der Waals surface area contributed by atoms with Crippen LogP contribution in [0.25, 0.3) is 0 Å². The number of rotatable bonds is 3. The Hall–Kier alpha value is -1.75. The molecule has 1 heterocycles. The number of cyclic esters (lactones) is 1. The summed E-state index contributed by atoms with van der Waals surface area (Å²) in [5.74, 6) is -0.560. The minimum absolute atomic E-state index is 0.196. The lowest BCUT2D eigenvalue weighted by molar-refractivity contribution is -0.118. The highest BCUT2D eigenvalue weighted by Crippen LogP contribution is 2.19. The number of hydrogen-bond donors (Lipinski definition) is 0. The highest BCUT2D eigenvalue weighted by molar-refractivity contribution is 6.29. The molecule has 2 rings (SSSR count). The average Bonchev–Trinajstić information content (AvgIpc) is 2.77. The molecule has 0 spiro atoms. The van der Waals surface area contributed by atoms with Crippen molar-refractivity contribution in [3.8, 4) is 0 Å². The Bertz CT molecular complexity index is 424. The smallest absolute Gasteiger partial charge is 0.429 e. The van der Waals surface area contributed by atoms with Crippen LogP contribution in [-0.2, 0) is 9.53 Å². The number of alkyl halides is 1. The van der Waals surface area contributed by atoms with E-state index in [4.69, 9.17) is 16.3 Å².